The number of nitrogens with zero attached hydrogens (tertiary/aromatic N) is 3. The van der Waals surface area contributed by atoms with Crippen molar-refractivity contribution in [1.29, 1.82) is 0 Å². The van der Waals surface area contributed by atoms with Crippen molar-refractivity contribution in [3.05, 3.63) is 71.9 Å². The number of benzene rings is 2. The molecular formula is C23H27N3O6S. The van der Waals surface area contributed by atoms with Crippen LogP contribution in [0.2, 0.25) is 0 Å². The van der Waals surface area contributed by atoms with E-state index >= 15 is 0 Å². The lowest BCUT2D eigenvalue weighted by Gasteiger charge is -2.22. The third kappa shape index (κ3) is 5.19. The molecule has 10 heteroatoms. The summed E-state index contributed by atoms with van der Waals surface area (Å²) >= 11 is 0. The molecule has 0 bridgehead atoms. The predicted octanol–water partition coefficient (Wildman–Crippen LogP) is 2.22. The Morgan fingerprint density at radius 2 is 1.52 bits per heavy atom. The predicted molar refractivity (Wildman–Crippen MR) is 121 cm³/mol. The highest BCUT2D eigenvalue weighted by molar-refractivity contribution is 7.89. The van der Waals surface area contributed by atoms with Gasteiger partial charge in [-0.05, 0) is 41.5 Å². The number of rotatable bonds is 9. The molecule has 2 aromatic carbocycles. The topological polar surface area (TPSA) is 103 Å². The van der Waals surface area contributed by atoms with Gasteiger partial charge in [-0.1, -0.05) is 24.3 Å². The van der Waals surface area contributed by atoms with Crippen molar-refractivity contribution in [2.45, 2.75) is 30.3 Å². The van der Waals surface area contributed by atoms with Gasteiger partial charge in [0.05, 0.1) is 27.4 Å². The molecule has 0 aliphatic carbocycles. The Morgan fingerprint density at radius 3 is 1.97 bits per heavy atom. The lowest BCUT2D eigenvalue weighted by molar-refractivity contribution is 0.117. The van der Waals surface area contributed by atoms with Crippen molar-refractivity contribution in [2.24, 2.45) is 0 Å². The molecule has 2 unspecified atom stereocenters. The van der Waals surface area contributed by atoms with Crippen molar-refractivity contribution in [3.63, 3.8) is 0 Å². The first kappa shape index (κ1) is 23.2. The van der Waals surface area contributed by atoms with Gasteiger partial charge in [-0.3, -0.25) is 4.68 Å². The lowest BCUT2D eigenvalue weighted by Crippen LogP contribution is -2.31. The number of hydrogen-bond acceptors (Lipinski definition) is 7. The van der Waals surface area contributed by atoms with Crippen LogP contribution in [0.15, 0.2) is 65.8 Å². The number of aliphatic hydroxyl groups is 1. The minimum Gasteiger partial charge on any atom is -0.497 e. The SMILES string of the molecule is COc1ccc(CN(Cc2ccc(OC)cc2)S(=O)(=O)c2ccn(C3COCC3O)n2)cc1. The van der Waals surface area contributed by atoms with Crippen LogP contribution in [0.3, 0.4) is 0 Å². The zero-order chi connectivity index (χ0) is 23.4. The number of hydrogen-bond donors (Lipinski definition) is 1. The molecule has 4 rings (SSSR count). The molecular weight excluding hydrogens is 446 g/mol. The van der Waals surface area contributed by atoms with Crippen LogP contribution in [0.25, 0.3) is 0 Å². The molecule has 0 saturated carbocycles. The molecule has 9 nitrogen and oxygen atoms in total. The summed E-state index contributed by atoms with van der Waals surface area (Å²) < 4.78 is 45.7. The summed E-state index contributed by atoms with van der Waals surface area (Å²) in [5.41, 5.74) is 1.62. The highest BCUT2D eigenvalue weighted by Crippen LogP contribution is 2.25. The summed E-state index contributed by atoms with van der Waals surface area (Å²) in [7, 11) is -0.776. The van der Waals surface area contributed by atoms with Gasteiger partial charge in [-0.25, -0.2) is 8.42 Å². The van der Waals surface area contributed by atoms with Gasteiger partial charge in [0, 0.05) is 19.3 Å². The molecule has 2 heterocycles. The summed E-state index contributed by atoms with van der Waals surface area (Å²) in [6, 6.07) is 15.6. The van der Waals surface area contributed by atoms with Gasteiger partial charge >= 0.3 is 0 Å². The van der Waals surface area contributed by atoms with Gasteiger partial charge in [0.15, 0.2) is 5.03 Å². The molecule has 1 saturated heterocycles. The Labute approximate surface area is 193 Å². The summed E-state index contributed by atoms with van der Waals surface area (Å²) in [6.45, 7) is 0.790. The highest BCUT2D eigenvalue weighted by Gasteiger charge is 2.32. The monoisotopic (exact) mass is 473 g/mol. The summed E-state index contributed by atoms with van der Waals surface area (Å²) in [5, 5.41) is 14.3. The molecule has 3 aromatic rings. The van der Waals surface area contributed by atoms with E-state index in [0.29, 0.717) is 11.5 Å². The zero-order valence-corrected chi connectivity index (χ0v) is 19.3. The van der Waals surface area contributed by atoms with E-state index < -0.39 is 22.2 Å². The molecule has 176 valence electrons. The van der Waals surface area contributed by atoms with Crippen LogP contribution >= 0.6 is 0 Å². The Kier molecular flexibility index (Phi) is 6.99. The largest absolute Gasteiger partial charge is 0.497 e. The first-order valence-electron chi connectivity index (χ1n) is 10.5. The van der Waals surface area contributed by atoms with E-state index in [0.717, 1.165) is 11.1 Å². The number of sulfonamides is 1. The molecule has 1 aromatic heterocycles. The van der Waals surface area contributed by atoms with Crippen LogP contribution in [0.5, 0.6) is 11.5 Å². The second-order valence-electron chi connectivity index (χ2n) is 7.78. The van der Waals surface area contributed by atoms with Crippen LogP contribution in [0, 0.1) is 0 Å². The number of ether oxygens (including phenoxy) is 3. The van der Waals surface area contributed by atoms with Gasteiger partial charge in [-0.2, -0.15) is 9.40 Å². The van der Waals surface area contributed by atoms with Crippen LogP contribution in [-0.4, -0.2) is 61.1 Å². The average Bonchev–Trinajstić information content (AvgIpc) is 3.49. The molecule has 0 spiro atoms. The summed E-state index contributed by atoms with van der Waals surface area (Å²) in [4.78, 5) is 0. The zero-order valence-electron chi connectivity index (χ0n) is 18.5. The first-order valence-corrected chi connectivity index (χ1v) is 11.9. The van der Waals surface area contributed by atoms with Gasteiger partial charge in [-0.15, -0.1) is 0 Å². The van der Waals surface area contributed by atoms with Crippen molar-refractivity contribution in [2.75, 3.05) is 27.4 Å². The van der Waals surface area contributed by atoms with E-state index in [1.54, 1.807) is 44.7 Å². The fourth-order valence-corrected chi connectivity index (χ4v) is 4.99. The third-order valence-corrected chi connectivity index (χ3v) is 7.27. The Bertz CT molecular complexity index is 1110. The summed E-state index contributed by atoms with van der Waals surface area (Å²) in [6.07, 6.45) is 0.837. The normalized spacial score (nSPS) is 18.5. The van der Waals surface area contributed by atoms with E-state index in [9.17, 15) is 13.5 Å². The maximum Gasteiger partial charge on any atom is 0.262 e. The van der Waals surface area contributed by atoms with E-state index in [2.05, 4.69) is 5.10 Å². The van der Waals surface area contributed by atoms with Crippen molar-refractivity contribution < 1.29 is 27.7 Å². The number of aliphatic hydroxyl groups excluding tert-OH is 1. The second kappa shape index (κ2) is 9.92. The van der Waals surface area contributed by atoms with Crippen molar-refractivity contribution in [1.82, 2.24) is 14.1 Å². The minimum atomic E-state index is -3.94. The second-order valence-corrected chi connectivity index (χ2v) is 9.66. The number of methoxy groups -OCH3 is 2. The fraction of sp³-hybridized carbons (Fsp3) is 0.348. The minimum absolute atomic E-state index is 0.0800. The first-order chi connectivity index (χ1) is 15.9. The quantitative estimate of drug-likeness (QED) is 0.508. The van der Waals surface area contributed by atoms with E-state index in [1.807, 2.05) is 24.3 Å². The molecule has 33 heavy (non-hydrogen) atoms. The highest BCUT2D eigenvalue weighted by atomic mass is 32.2. The van der Waals surface area contributed by atoms with Crippen molar-refractivity contribution >= 4 is 10.0 Å². The van der Waals surface area contributed by atoms with Gasteiger partial charge in [0.1, 0.15) is 23.6 Å². The Balaban J connectivity index is 1.63. The van der Waals surface area contributed by atoms with Crippen molar-refractivity contribution in [3.8, 4) is 11.5 Å². The van der Waals surface area contributed by atoms with Gasteiger partial charge < -0.3 is 19.3 Å². The van der Waals surface area contributed by atoms with E-state index in [1.165, 1.54) is 15.1 Å². The average molecular weight is 474 g/mol. The van der Waals surface area contributed by atoms with Gasteiger partial charge in [0.25, 0.3) is 10.0 Å². The maximum atomic E-state index is 13.6. The fourth-order valence-electron chi connectivity index (χ4n) is 3.65. The van der Waals surface area contributed by atoms with Crippen LogP contribution in [-0.2, 0) is 27.8 Å². The smallest absolute Gasteiger partial charge is 0.262 e. The molecule has 1 N–H and O–H groups in total. The Hall–Kier alpha value is -2.92. The molecule has 1 aliphatic rings. The lowest BCUT2D eigenvalue weighted by atomic mass is 10.2. The number of aromatic nitrogens is 2. The van der Waals surface area contributed by atoms with Crippen LogP contribution in [0.4, 0.5) is 0 Å². The van der Waals surface area contributed by atoms with Crippen LogP contribution in [0.1, 0.15) is 17.2 Å². The molecule has 0 radical (unpaired) electrons. The Morgan fingerprint density at radius 1 is 0.970 bits per heavy atom. The molecule has 1 aliphatic heterocycles. The summed E-state index contributed by atoms with van der Waals surface area (Å²) in [5.74, 6) is 1.39. The standard InChI is InChI=1S/C23H27N3O6S/c1-30-19-7-3-17(4-8-19)13-25(14-18-5-9-20(31-2)10-6-18)33(28,29)23-11-12-26(24-23)21-15-32-16-22(21)27/h3-12,21-22,27H,13-16H2,1-2H3. The molecule has 0 amide bonds. The molecule has 2 atom stereocenters. The van der Waals surface area contributed by atoms with E-state index in [4.69, 9.17) is 14.2 Å². The maximum absolute atomic E-state index is 13.6. The van der Waals surface area contributed by atoms with Gasteiger partial charge in [0.2, 0.25) is 0 Å². The third-order valence-electron chi connectivity index (χ3n) is 5.59. The van der Waals surface area contributed by atoms with Crippen LogP contribution < -0.4 is 9.47 Å². The van der Waals surface area contributed by atoms with E-state index in [-0.39, 0.29) is 31.3 Å². The molecule has 1 fully saturated rings.